The Morgan fingerprint density at radius 2 is 1.88 bits per heavy atom. The van der Waals surface area contributed by atoms with Crippen molar-refractivity contribution in [3.8, 4) is 11.1 Å². The number of nitrogens with one attached hydrogen (secondary N) is 1. The number of halogens is 1. The van der Waals surface area contributed by atoms with E-state index in [4.69, 9.17) is 25.6 Å². The molecule has 0 unspecified atom stereocenters. The summed E-state index contributed by atoms with van der Waals surface area (Å²) in [6.45, 7) is 12.4. The van der Waals surface area contributed by atoms with E-state index in [-0.39, 0.29) is 17.7 Å². The smallest absolute Gasteiger partial charge is 0.338 e. The Morgan fingerprint density at radius 1 is 1.24 bits per heavy atom. The van der Waals surface area contributed by atoms with Crippen molar-refractivity contribution in [2.45, 2.75) is 71.3 Å². The molecule has 2 aromatic rings. The maximum Gasteiger partial charge on any atom is 0.338 e. The maximum absolute atomic E-state index is 12.9. The van der Waals surface area contributed by atoms with Crippen LogP contribution in [0.15, 0.2) is 22.7 Å². The zero-order valence-corrected chi connectivity index (χ0v) is 21.8. The van der Waals surface area contributed by atoms with Gasteiger partial charge in [-0.25, -0.2) is 4.79 Å². The Labute approximate surface area is 202 Å². The SMILES string of the molecule is COC(=O)c1cc(Cl)ccc1-c1c(C)noc1[C@@H](CC(=O)OC(C)(C)C)N[S@@+]([O-])C(C)(C)C. The van der Waals surface area contributed by atoms with Crippen molar-refractivity contribution < 1.29 is 28.1 Å². The molecule has 0 saturated heterocycles. The Bertz CT molecular complexity index is 1010. The van der Waals surface area contributed by atoms with Crippen LogP contribution in [0, 0.1) is 6.92 Å². The Balaban J connectivity index is 2.60. The fourth-order valence-electron chi connectivity index (χ4n) is 3.01. The van der Waals surface area contributed by atoms with Crippen LogP contribution in [0.2, 0.25) is 5.02 Å². The maximum atomic E-state index is 12.9. The van der Waals surface area contributed by atoms with E-state index >= 15 is 0 Å². The molecule has 0 amide bonds. The predicted octanol–water partition coefficient (Wildman–Crippen LogP) is 4.91. The molecule has 33 heavy (non-hydrogen) atoms. The molecule has 8 nitrogen and oxygen atoms in total. The summed E-state index contributed by atoms with van der Waals surface area (Å²) >= 11 is 4.57. The number of rotatable bonds is 7. The molecule has 1 aromatic heterocycles. The number of aromatic nitrogens is 1. The monoisotopic (exact) mass is 498 g/mol. The minimum Gasteiger partial charge on any atom is -0.598 e. The molecule has 0 aliphatic carbocycles. The number of hydrogen-bond donors (Lipinski definition) is 1. The van der Waals surface area contributed by atoms with Gasteiger partial charge in [-0.1, -0.05) is 22.8 Å². The van der Waals surface area contributed by atoms with Gasteiger partial charge in [0, 0.05) is 21.9 Å². The quantitative estimate of drug-likeness (QED) is 0.423. The number of carbonyl (C=O) groups excluding carboxylic acids is 2. The normalized spacial score (nSPS) is 14.0. The first-order valence-corrected chi connectivity index (χ1v) is 11.9. The van der Waals surface area contributed by atoms with Gasteiger partial charge in [-0.05, 0) is 60.6 Å². The summed E-state index contributed by atoms with van der Waals surface area (Å²) in [5, 5.41) is 4.42. The molecule has 0 aliphatic heterocycles. The number of nitrogens with zero attached hydrogens (tertiary/aromatic N) is 1. The third kappa shape index (κ3) is 7.20. The third-order valence-electron chi connectivity index (χ3n) is 4.46. The van der Waals surface area contributed by atoms with Gasteiger partial charge in [-0.3, -0.25) is 4.79 Å². The van der Waals surface area contributed by atoms with Crippen molar-refractivity contribution in [3.05, 3.63) is 40.2 Å². The highest BCUT2D eigenvalue weighted by Gasteiger charge is 2.36. The van der Waals surface area contributed by atoms with Gasteiger partial charge in [0.25, 0.3) is 0 Å². The molecule has 0 fully saturated rings. The Hall–Kier alpha value is -2.07. The van der Waals surface area contributed by atoms with Crippen LogP contribution in [0.25, 0.3) is 11.1 Å². The number of ether oxygens (including phenoxy) is 2. The molecular weight excluding hydrogens is 468 g/mol. The molecule has 0 saturated carbocycles. The van der Waals surface area contributed by atoms with Gasteiger partial charge in [-0.15, -0.1) is 4.72 Å². The first-order chi connectivity index (χ1) is 15.1. The largest absolute Gasteiger partial charge is 0.598 e. The average Bonchev–Trinajstić information content (AvgIpc) is 3.05. The number of carbonyl (C=O) groups is 2. The summed E-state index contributed by atoms with van der Waals surface area (Å²) in [6.07, 6.45) is -0.165. The summed E-state index contributed by atoms with van der Waals surface area (Å²) < 4.78 is 31.3. The van der Waals surface area contributed by atoms with Crippen LogP contribution < -0.4 is 4.72 Å². The topological polar surface area (TPSA) is 114 Å². The number of benzene rings is 1. The lowest BCUT2D eigenvalue weighted by molar-refractivity contribution is -0.155. The average molecular weight is 499 g/mol. The first-order valence-electron chi connectivity index (χ1n) is 10.4. The standard InChI is InChI=1S/C23H31ClN2O6S/c1-13-19(15-10-9-14(24)11-16(15)21(28)30-8)20(32-25-13)17(26-33(29)23(5,6)7)12-18(27)31-22(2,3)4/h9-11,17,26H,12H2,1-8H3/t17-,33+/m1/s1. The number of methoxy groups -OCH3 is 1. The lowest BCUT2D eigenvalue weighted by atomic mass is 9.95. The van der Waals surface area contributed by atoms with Crippen molar-refractivity contribution >= 4 is 34.9 Å². The molecule has 10 heteroatoms. The van der Waals surface area contributed by atoms with E-state index in [0.717, 1.165) is 0 Å². The van der Waals surface area contributed by atoms with Crippen molar-refractivity contribution in [1.82, 2.24) is 9.88 Å². The van der Waals surface area contributed by atoms with Crippen LogP contribution in [0.3, 0.4) is 0 Å². The highest BCUT2D eigenvalue weighted by Crippen LogP contribution is 2.37. The number of esters is 2. The predicted molar refractivity (Wildman–Crippen MR) is 127 cm³/mol. The molecular formula is C23H31ClN2O6S. The van der Waals surface area contributed by atoms with Crippen molar-refractivity contribution in [1.29, 1.82) is 0 Å². The number of aryl methyl sites for hydroxylation is 1. The molecule has 2 atom stereocenters. The van der Waals surface area contributed by atoms with E-state index in [9.17, 15) is 14.1 Å². The van der Waals surface area contributed by atoms with Gasteiger partial charge in [-0.2, -0.15) is 0 Å². The van der Waals surface area contributed by atoms with Crippen LogP contribution in [0.1, 0.15) is 75.8 Å². The fourth-order valence-corrected chi connectivity index (χ4v) is 3.98. The summed E-state index contributed by atoms with van der Waals surface area (Å²) in [6, 6.07) is 3.94. The molecule has 182 valence electrons. The van der Waals surface area contributed by atoms with Gasteiger partial charge < -0.3 is 18.5 Å². The van der Waals surface area contributed by atoms with E-state index in [1.165, 1.54) is 13.2 Å². The molecule has 1 heterocycles. The van der Waals surface area contributed by atoms with Crippen molar-refractivity contribution in [2.75, 3.05) is 7.11 Å². The van der Waals surface area contributed by atoms with E-state index < -0.39 is 39.7 Å². The van der Waals surface area contributed by atoms with Gasteiger partial charge in [0.2, 0.25) is 0 Å². The van der Waals surface area contributed by atoms with Crippen molar-refractivity contribution in [2.24, 2.45) is 0 Å². The molecule has 0 spiro atoms. The third-order valence-corrected chi connectivity index (χ3v) is 6.30. The summed E-state index contributed by atoms with van der Waals surface area (Å²) in [5.74, 6) is -0.840. The van der Waals surface area contributed by atoms with Gasteiger partial charge in [0.15, 0.2) is 5.76 Å². The first kappa shape index (κ1) is 27.2. The van der Waals surface area contributed by atoms with Gasteiger partial charge >= 0.3 is 11.9 Å². The Morgan fingerprint density at radius 3 is 2.42 bits per heavy atom. The molecule has 1 aromatic carbocycles. The number of hydrogen-bond acceptors (Lipinski definition) is 8. The zero-order chi connectivity index (χ0) is 25.1. The second-order valence-electron chi connectivity index (χ2n) is 9.53. The van der Waals surface area contributed by atoms with Gasteiger partial charge in [0.05, 0.1) is 30.4 Å². The summed E-state index contributed by atoms with van der Waals surface area (Å²) in [7, 11) is 1.27. The second-order valence-corrected chi connectivity index (χ2v) is 12.0. The Kier molecular flexibility index (Phi) is 8.62. The van der Waals surface area contributed by atoms with E-state index in [1.54, 1.807) is 39.8 Å². The zero-order valence-electron chi connectivity index (χ0n) is 20.2. The minimum atomic E-state index is -1.54. The highest BCUT2D eigenvalue weighted by molar-refractivity contribution is 7.90. The summed E-state index contributed by atoms with van der Waals surface area (Å²) in [5.41, 5.74) is 0.955. The van der Waals surface area contributed by atoms with Crippen LogP contribution in [0.5, 0.6) is 0 Å². The van der Waals surface area contributed by atoms with Crippen LogP contribution >= 0.6 is 11.6 Å². The van der Waals surface area contributed by atoms with E-state index in [0.29, 0.717) is 21.8 Å². The van der Waals surface area contributed by atoms with Gasteiger partial charge in [0.1, 0.15) is 16.4 Å². The van der Waals surface area contributed by atoms with E-state index in [1.807, 2.05) is 20.8 Å². The molecule has 2 rings (SSSR count). The minimum absolute atomic E-state index is 0.165. The van der Waals surface area contributed by atoms with Crippen LogP contribution in [-0.2, 0) is 25.6 Å². The van der Waals surface area contributed by atoms with Crippen LogP contribution in [-0.4, -0.2) is 39.1 Å². The summed E-state index contributed by atoms with van der Waals surface area (Å²) in [4.78, 5) is 25.1. The lowest BCUT2D eigenvalue weighted by Crippen LogP contribution is -2.42. The second kappa shape index (κ2) is 10.5. The van der Waals surface area contributed by atoms with Crippen molar-refractivity contribution in [3.63, 3.8) is 0 Å². The fraction of sp³-hybridized carbons (Fsp3) is 0.522. The van der Waals surface area contributed by atoms with E-state index in [2.05, 4.69) is 9.88 Å². The molecule has 1 N–H and O–H groups in total. The molecule has 0 radical (unpaired) electrons. The highest BCUT2D eigenvalue weighted by atomic mass is 35.5. The molecule has 0 aliphatic rings. The molecule has 0 bridgehead atoms. The lowest BCUT2D eigenvalue weighted by Gasteiger charge is -2.28. The van der Waals surface area contributed by atoms with Crippen LogP contribution in [0.4, 0.5) is 0 Å².